The summed E-state index contributed by atoms with van der Waals surface area (Å²) in [5.74, 6) is -0.635. The quantitative estimate of drug-likeness (QED) is 0.506. The van der Waals surface area contributed by atoms with Gasteiger partial charge in [0, 0.05) is 11.4 Å². The van der Waals surface area contributed by atoms with Gasteiger partial charge in [0.25, 0.3) is 5.91 Å². The van der Waals surface area contributed by atoms with Crippen molar-refractivity contribution < 1.29 is 19.0 Å². The van der Waals surface area contributed by atoms with E-state index in [1.165, 1.54) is 12.1 Å². The Morgan fingerprint density at radius 1 is 1.28 bits per heavy atom. The standard InChI is InChI=1S/C25H26Cl2FNO3/c1-3-11-25(2)24(31)29(21(14-30)15-7-8-15)22(16-9-10-19(27)20(28)13-16)23(32-25)17-5-4-6-18(26)12-17/h3-6,9-10,12-13,15,21-23,30H,1,7-8,11,14H2,2H3/t21-,22-,23-,25+/m1/s1. The molecule has 4 nitrogen and oxygen atoms in total. The molecule has 32 heavy (non-hydrogen) atoms. The number of rotatable bonds is 7. The summed E-state index contributed by atoms with van der Waals surface area (Å²) in [6.45, 7) is 5.35. The van der Waals surface area contributed by atoms with Gasteiger partial charge in [0.15, 0.2) is 0 Å². The van der Waals surface area contributed by atoms with Crippen LogP contribution in [0.2, 0.25) is 10.0 Å². The highest BCUT2D eigenvalue weighted by atomic mass is 35.5. The lowest BCUT2D eigenvalue weighted by Gasteiger charge is -2.51. The highest BCUT2D eigenvalue weighted by molar-refractivity contribution is 6.31. The van der Waals surface area contributed by atoms with Crippen molar-refractivity contribution in [2.24, 2.45) is 5.92 Å². The van der Waals surface area contributed by atoms with Gasteiger partial charge in [-0.05, 0) is 61.1 Å². The molecule has 170 valence electrons. The van der Waals surface area contributed by atoms with Crippen molar-refractivity contribution in [2.75, 3.05) is 6.61 Å². The van der Waals surface area contributed by atoms with Crippen LogP contribution in [0.4, 0.5) is 4.39 Å². The third kappa shape index (κ3) is 4.32. The number of aliphatic hydroxyl groups is 1. The van der Waals surface area contributed by atoms with Crippen molar-refractivity contribution in [1.82, 2.24) is 4.90 Å². The first-order chi connectivity index (χ1) is 15.3. The molecule has 4 atom stereocenters. The molecule has 0 bridgehead atoms. The summed E-state index contributed by atoms with van der Waals surface area (Å²) in [5, 5.41) is 10.8. The largest absolute Gasteiger partial charge is 0.394 e. The predicted octanol–water partition coefficient (Wildman–Crippen LogP) is 5.88. The van der Waals surface area contributed by atoms with E-state index in [0.717, 1.165) is 18.4 Å². The Bertz CT molecular complexity index is 1030. The molecule has 0 aromatic heterocycles. The Balaban J connectivity index is 1.91. The highest BCUT2D eigenvalue weighted by Gasteiger charge is 2.54. The zero-order valence-corrected chi connectivity index (χ0v) is 19.3. The minimum atomic E-state index is -1.18. The van der Waals surface area contributed by atoms with Crippen LogP contribution in [0, 0.1) is 11.7 Å². The summed E-state index contributed by atoms with van der Waals surface area (Å²) in [6.07, 6.45) is 3.17. The van der Waals surface area contributed by atoms with Gasteiger partial charge in [-0.3, -0.25) is 4.79 Å². The molecular formula is C25H26Cl2FNO3. The van der Waals surface area contributed by atoms with E-state index < -0.39 is 29.6 Å². The van der Waals surface area contributed by atoms with Crippen LogP contribution in [0.3, 0.4) is 0 Å². The fraction of sp³-hybridized carbons (Fsp3) is 0.400. The van der Waals surface area contributed by atoms with Crippen molar-refractivity contribution in [2.45, 2.75) is 50.0 Å². The molecule has 1 saturated carbocycles. The maximum atomic E-state index is 14.5. The smallest absolute Gasteiger partial charge is 0.255 e. The van der Waals surface area contributed by atoms with Gasteiger partial charge in [0.1, 0.15) is 17.5 Å². The molecule has 2 aromatic rings. The second kappa shape index (κ2) is 9.14. The number of amides is 1. The molecule has 1 aliphatic carbocycles. The van der Waals surface area contributed by atoms with Gasteiger partial charge in [-0.15, -0.1) is 6.58 Å². The molecule has 0 spiro atoms. The third-order valence-electron chi connectivity index (χ3n) is 6.37. The lowest BCUT2D eigenvalue weighted by atomic mass is 9.85. The molecule has 2 fully saturated rings. The highest BCUT2D eigenvalue weighted by Crippen LogP contribution is 2.50. The van der Waals surface area contributed by atoms with Gasteiger partial charge >= 0.3 is 0 Å². The van der Waals surface area contributed by atoms with Crippen LogP contribution < -0.4 is 0 Å². The summed E-state index contributed by atoms with van der Waals surface area (Å²) in [5.41, 5.74) is 0.126. The SMILES string of the molecule is C=CC[C@]1(C)O[C@H](c2cccc(Cl)c2)[C@@H](c2ccc(Cl)c(F)c2)N([C@H](CO)C2CC2)C1=O. The van der Waals surface area contributed by atoms with Gasteiger partial charge in [-0.2, -0.15) is 0 Å². The molecule has 1 aliphatic heterocycles. The predicted molar refractivity (Wildman–Crippen MR) is 123 cm³/mol. The first-order valence-corrected chi connectivity index (χ1v) is 11.5. The third-order valence-corrected chi connectivity index (χ3v) is 6.91. The van der Waals surface area contributed by atoms with Gasteiger partial charge in [0.05, 0.1) is 23.7 Å². The monoisotopic (exact) mass is 477 g/mol. The van der Waals surface area contributed by atoms with E-state index in [1.807, 2.05) is 12.1 Å². The van der Waals surface area contributed by atoms with Crippen molar-refractivity contribution >= 4 is 29.1 Å². The molecule has 4 rings (SSSR count). The summed E-state index contributed by atoms with van der Waals surface area (Å²) in [4.78, 5) is 15.6. The zero-order chi connectivity index (χ0) is 23.0. The Morgan fingerprint density at radius 3 is 2.62 bits per heavy atom. The van der Waals surface area contributed by atoms with Crippen molar-refractivity contribution in [3.63, 3.8) is 0 Å². The number of ether oxygens (including phenoxy) is 1. The number of nitrogens with zero attached hydrogens (tertiary/aromatic N) is 1. The van der Waals surface area contributed by atoms with E-state index in [2.05, 4.69) is 6.58 Å². The Morgan fingerprint density at radius 2 is 2.03 bits per heavy atom. The number of halogens is 3. The zero-order valence-electron chi connectivity index (χ0n) is 17.8. The van der Waals surface area contributed by atoms with Crippen molar-refractivity contribution in [3.8, 4) is 0 Å². The fourth-order valence-corrected chi connectivity index (χ4v) is 4.94. The summed E-state index contributed by atoms with van der Waals surface area (Å²) < 4.78 is 21.0. The second-order valence-electron chi connectivity index (χ2n) is 8.74. The number of carbonyl (C=O) groups excluding carboxylic acids is 1. The van der Waals surface area contributed by atoms with Gasteiger partial charge in [0.2, 0.25) is 0 Å². The topological polar surface area (TPSA) is 49.8 Å². The molecule has 1 saturated heterocycles. The van der Waals surface area contributed by atoms with Crippen LogP contribution >= 0.6 is 23.2 Å². The number of hydrogen-bond donors (Lipinski definition) is 1. The van der Waals surface area contributed by atoms with Gasteiger partial charge in [-0.25, -0.2) is 4.39 Å². The Labute approximate surface area is 197 Å². The molecule has 0 radical (unpaired) electrons. The number of aliphatic hydroxyl groups excluding tert-OH is 1. The number of morpholine rings is 1. The van der Waals surface area contributed by atoms with Crippen LogP contribution in [0.1, 0.15) is 49.5 Å². The first-order valence-electron chi connectivity index (χ1n) is 10.7. The molecule has 1 N–H and O–H groups in total. The minimum absolute atomic E-state index is 0.0000525. The van der Waals surface area contributed by atoms with Crippen molar-refractivity contribution in [3.05, 3.63) is 82.1 Å². The average molecular weight is 478 g/mol. The normalized spacial score (nSPS) is 26.8. The summed E-state index contributed by atoms with van der Waals surface area (Å²) >= 11 is 12.2. The van der Waals surface area contributed by atoms with E-state index in [9.17, 15) is 14.3 Å². The van der Waals surface area contributed by atoms with Crippen LogP contribution in [-0.2, 0) is 9.53 Å². The van der Waals surface area contributed by atoms with E-state index in [0.29, 0.717) is 17.0 Å². The molecular weight excluding hydrogens is 452 g/mol. The minimum Gasteiger partial charge on any atom is -0.394 e. The van der Waals surface area contributed by atoms with Crippen LogP contribution in [0.5, 0.6) is 0 Å². The average Bonchev–Trinajstić information content (AvgIpc) is 3.59. The van der Waals surface area contributed by atoms with Crippen LogP contribution in [0.25, 0.3) is 0 Å². The van der Waals surface area contributed by atoms with E-state index >= 15 is 0 Å². The molecule has 7 heteroatoms. The summed E-state index contributed by atoms with van der Waals surface area (Å²) in [6, 6.07) is 10.7. The number of carbonyl (C=O) groups is 1. The van der Waals surface area contributed by atoms with Crippen LogP contribution in [0.15, 0.2) is 55.1 Å². The molecule has 0 unspecified atom stereocenters. The second-order valence-corrected chi connectivity index (χ2v) is 9.58. The van der Waals surface area contributed by atoms with Gasteiger partial charge < -0.3 is 14.7 Å². The Kier molecular flexibility index (Phi) is 6.64. The lowest BCUT2D eigenvalue weighted by Crippen LogP contribution is -2.61. The maximum Gasteiger partial charge on any atom is 0.255 e. The van der Waals surface area contributed by atoms with Gasteiger partial charge in [-0.1, -0.05) is 47.5 Å². The summed E-state index contributed by atoms with van der Waals surface area (Å²) in [7, 11) is 0. The number of benzene rings is 2. The Hall–Kier alpha value is -1.92. The number of hydrogen-bond acceptors (Lipinski definition) is 3. The molecule has 1 heterocycles. The van der Waals surface area contributed by atoms with Crippen LogP contribution in [-0.4, -0.2) is 34.2 Å². The van der Waals surface area contributed by atoms with E-state index in [-0.39, 0.29) is 23.5 Å². The molecule has 2 aliphatic rings. The first kappa shape index (κ1) is 23.2. The van der Waals surface area contributed by atoms with E-state index in [4.69, 9.17) is 27.9 Å². The maximum absolute atomic E-state index is 14.5. The van der Waals surface area contributed by atoms with Crippen molar-refractivity contribution in [1.29, 1.82) is 0 Å². The lowest BCUT2D eigenvalue weighted by molar-refractivity contribution is -0.204. The van der Waals surface area contributed by atoms with E-state index in [1.54, 1.807) is 36.1 Å². The fourth-order valence-electron chi connectivity index (χ4n) is 4.62. The molecule has 1 amide bonds. The molecule has 2 aromatic carbocycles.